The molecule has 0 spiro atoms. The third-order valence-electron chi connectivity index (χ3n) is 4.49. The Labute approximate surface area is 136 Å². The van der Waals surface area contributed by atoms with Gasteiger partial charge in [-0.2, -0.15) is 4.98 Å². The fourth-order valence-corrected chi connectivity index (χ4v) is 3.74. The Morgan fingerprint density at radius 2 is 2.27 bits per heavy atom. The van der Waals surface area contributed by atoms with Gasteiger partial charge in [0.05, 0.1) is 12.2 Å². The summed E-state index contributed by atoms with van der Waals surface area (Å²) in [5, 5.41) is 4.11. The molecule has 2 atom stereocenters. The van der Waals surface area contributed by atoms with Crippen LogP contribution in [-0.2, 0) is 4.74 Å². The number of ether oxygens (including phenoxy) is 1. The van der Waals surface area contributed by atoms with Crippen LogP contribution in [0.2, 0.25) is 0 Å². The minimum Gasteiger partial charge on any atom is -0.454 e. The molecule has 0 amide bonds. The predicted molar refractivity (Wildman–Crippen MR) is 82.3 cm³/mol. The van der Waals surface area contributed by atoms with E-state index in [9.17, 15) is 0 Å². The van der Waals surface area contributed by atoms with E-state index in [1.54, 1.807) is 0 Å². The average Bonchev–Trinajstić information content (AvgIpc) is 3.13. The summed E-state index contributed by atoms with van der Waals surface area (Å²) in [4.78, 5) is 7.00. The summed E-state index contributed by atoms with van der Waals surface area (Å²) in [6, 6.07) is 2.40. The van der Waals surface area contributed by atoms with Gasteiger partial charge in [0.2, 0.25) is 5.82 Å². The molecule has 118 valence electrons. The van der Waals surface area contributed by atoms with Gasteiger partial charge in [-0.3, -0.25) is 4.90 Å². The van der Waals surface area contributed by atoms with E-state index in [-0.39, 0.29) is 6.10 Å². The van der Waals surface area contributed by atoms with Crippen LogP contribution in [0, 0.1) is 6.92 Å². The molecule has 7 heteroatoms. The van der Waals surface area contributed by atoms with Crippen LogP contribution in [0.1, 0.15) is 37.0 Å². The number of morpholine rings is 1. The van der Waals surface area contributed by atoms with Crippen LogP contribution >= 0.6 is 15.9 Å². The van der Waals surface area contributed by atoms with Gasteiger partial charge in [0.15, 0.2) is 4.67 Å². The van der Waals surface area contributed by atoms with Gasteiger partial charge in [-0.15, -0.1) is 0 Å². The normalized spacial score (nSPS) is 26.1. The molecule has 2 aromatic heterocycles. The molecule has 0 radical (unpaired) electrons. The van der Waals surface area contributed by atoms with Crippen molar-refractivity contribution in [3.8, 4) is 11.5 Å². The first kappa shape index (κ1) is 14.4. The molecule has 0 aromatic carbocycles. The summed E-state index contributed by atoms with van der Waals surface area (Å²) in [7, 11) is 0. The van der Waals surface area contributed by atoms with Crippen molar-refractivity contribution in [2.24, 2.45) is 0 Å². The third-order valence-corrected chi connectivity index (χ3v) is 4.88. The van der Waals surface area contributed by atoms with E-state index in [0.717, 1.165) is 31.0 Å². The molecule has 1 unspecified atom stereocenters. The number of nitrogens with zero attached hydrogens (tertiary/aromatic N) is 3. The third kappa shape index (κ3) is 2.61. The Morgan fingerprint density at radius 3 is 3.09 bits per heavy atom. The number of rotatable bonds is 2. The van der Waals surface area contributed by atoms with Crippen molar-refractivity contribution in [3.05, 3.63) is 22.3 Å². The number of aryl methyl sites for hydroxylation is 1. The lowest BCUT2D eigenvalue weighted by molar-refractivity contribution is -0.0805. The molecule has 0 N–H and O–H groups in total. The number of hydrogen-bond acceptors (Lipinski definition) is 6. The van der Waals surface area contributed by atoms with Gasteiger partial charge in [-0.25, -0.2) is 0 Å². The van der Waals surface area contributed by atoms with Crippen molar-refractivity contribution < 1.29 is 13.7 Å². The first-order valence-corrected chi connectivity index (χ1v) is 8.45. The topological polar surface area (TPSA) is 64.5 Å². The van der Waals surface area contributed by atoms with Crippen LogP contribution in [-0.4, -0.2) is 40.8 Å². The Balaban J connectivity index is 1.53. The number of furan rings is 1. The minimum absolute atomic E-state index is 0.109. The lowest BCUT2D eigenvalue weighted by Gasteiger charge is -2.41. The van der Waals surface area contributed by atoms with Crippen molar-refractivity contribution in [1.29, 1.82) is 0 Å². The smallest absolute Gasteiger partial charge is 0.261 e. The molecule has 6 nitrogen and oxygen atoms in total. The maximum atomic E-state index is 5.96. The quantitative estimate of drug-likeness (QED) is 0.810. The molecule has 2 fully saturated rings. The van der Waals surface area contributed by atoms with Crippen molar-refractivity contribution in [2.45, 2.75) is 38.3 Å². The van der Waals surface area contributed by atoms with E-state index in [2.05, 4.69) is 31.0 Å². The van der Waals surface area contributed by atoms with Crippen LogP contribution in [0.25, 0.3) is 11.5 Å². The van der Waals surface area contributed by atoms with Gasteiger partial charge < -0.3 is 13.7 Å². The van der Waals surface area contributed by atoms with Crippen LogP contribution in [0.15, 0.2) is 19.7 Å². The van der Waals surface area contributed by atoms with E-state index in [1.165, 1.54) is 19.3 Å². The van der Waals surface area contributed by atoms with Crippen LogP contribution in [0.3, 0.4) is 0 Å². The average molecular weight is 368 g/mol. The van der Waals surface area contributed by atoms with Gasteiger partial charge >= 0.3 is 0 Å². The molecular weight excluding hydrogens is 350 g/mol. The number of aromatic nitrogens is 2. The summed E-state index contributed by atoms with van der Waals surface area (Å²) in [6.07, 6.45) is 3.69. The highest BCUT2D eigenvalue weighted by atomic mass is 79.9. The Bertz CT molecular complexity index is 669. The van der Waals surface area contributed by atoms with Crippen molar-refractivity contribution in [1.82, 2.24) is 15.0 Å². The van der Waals surface area contributed by atoms with Crippen molar-refractivity contribution in [2.75, 3.05) is 19.7 Å². The summed E-state index contributed by atoms with van der Waals surface area (Å²) >= 11 is 3.31. The zero-order chi connectivity index (χ0) is 15.1. The molecule has 2 saturated heterocycles. The zero-order valence-electron chi connectivity index (χ0n) is 12.4. The number of hydrogen-bond donors (Lipinski definition) is 0. The molecule has 4 rings (SSSR count). The first-order chi connectivity index (χ1) is 10.7. The second kappa shape index (κ2) is 5.79. The first-order valence-electron chi connectivity index (χ1n) is 7.66. The summed E-state index contributed by atoms with van der Waals surface area (Å²) in [5.41, 5.74) is 0.817. The molecule has 22 heavy (non-hydrogen) atoms. The highest BCUT2D eigenvalue weighted by Crippen LogP contribution is 2.31. The maximum absolute atomic E-state index is 5.96. The monoisotopic (exact) mass is 367 g/mol. The second-order valence-electron chi connectivity index (χ2n) is 5.94. The van der Waals surface area contributed by atoms with E-state index in [0.29, 0.717) is 22.4 Å². The molecule has 2 aliphatic heterocycles. The van der Waals surface area contributed by atoms with E-state index in [1.807, 2.05) is 13.0 Å². The highest BCUT2D eigenvalue weighted by molar-refractivity contribution is 9.10. The van der Waals surface area contributed by atoms with Gasteiger partial charge in [0.1, 0.15) is 11.9 Å². The lowest BCUT2D eigenvalue weighted by Crippen LogP contribution is -2.49. The van der Waals surface area contributed by atoms with Crippen LogP contribution < -0.4 is 0 Å². The van der Waals surface area contributed by atoms with E-state index in [4.69, 9.17) is 13.7 Å². The molecule has 4 heterocycles. The van der Waals surface area contributed by atoms with Crippen LogP contribution in [0.5, 0.6) is 0 Å². The van der Waals surface area contributed by atoms with Gasteiger partial charge in [0, 0.05) is 18.7 Å². The summed E-state index contributed by atoms with van der Waals surface area (Å²) in [6.45, 7) is 4.62. The van der Waals surface area contributed by atoms with Gasteiger partial charge in [-0.1, -0.05) is 11.6 Å². The number of fused-ring (bicyclic) bond motifs is 1. The Morgan fingerprint density at radius 1 is 1.36 bits per heavy atom. The Hall–Kier alpha value is -1.18. The number of halogens is 1. The molecular formula is C15H18BrN3O3. The summed E-state index contributed by atoms with van der Waals surface area (Å²) in [5.74, 6) is 1.85. The second-order valence-corrected chi connectivity index (χ2v) is 6.73. The van der Waals surface area contributed by atoms with Crippen molar-refractivity contribution in [3.63, 3.8) is 0 Å². The largest absolute Gasteiger partial charge is 0.454 e. The SMILES string of the molecule is Cc1oc(Br)cc1-c1nc([C@H]2CN3CCCCC3CO2)no1. The predicted octanol–water partition coefficient (Wildman–Crippen LogP) is 3.33. The molecule has 2 aromatic rings. The minimum atomic E-state index is -0.109. The van der Waals surface area contributed by atoms with Crippen molar-refractivity contribution >= 4 is 15.9 Å². The molecule has 0 saturated carbocycles. The molecule has 0 aliphatic carbocycles. The summed E-state index contributed by atoms with van der Waals surface area (Å²) < 4.78 is 17.5. The van der Waals surface area contributed by atoms with Crippen LogP contribution in [0.4, 0.5) is 0 Å². The lowest BCUT2D eigenvalue weighted by atomic mass is 10.0. The Kier molecular flexibility index (Phi) is 3.79. The maximum Gasteiger partial charge on any atom is 0.261 e. The molecule has 2 aliphatic rings. The highest BCUT2D eigenvalue weighted by Gasteiger charge is 2.33. The van der Waals surface area contributed by atoms with Gasteiger partial charge in [0.25, 0.3) is 5.89 Å². The fourth-order valence-electron chi connectivity index (χ4n) is 3.27. The van der Waals surface area contributed by atoms with Gasteiger partial charge in [-0.05, 0) is 42.2 Å². The molecule has 0 bridgehead atoms. The fraction of sp³-hybridized carbons (Fsp3) is 0.600. The number of piperidine rings is 1. The van der Waals surface area contributed by atoms with E-state index >= 15 is 0 Å². The zero-order valence-corrected chi connectivity index (χ0v) is 14.0. The van der Waals surface area contributed by atoms with E-state index < -0.39 is 0 Å². The standard InChI is InChI=1S/C15H18BrN3O3/c1-9-11(6-13(16)21-9)15-17-14(18-22-15)12-7-19-5-3-2-4-10(19)8-20-12/h6,10,12H,2-5,7-8H2,1H3/t10?,12-/m1/s1.